The highest BCUT2D eigenvalue weighted by Gasteiger charge is 1.96. The molecular weight excluding hydrogens is 104 g/mol. The van der Waals surface area contributed by atoms with Gasteiger partial charge in [0.25, 0.3) is 0 Å². The zero-order chi connectivity index (χ0) is 5.98. The minimum absolute atomic E-state index is 0.461. The predicted molar refractivity (Wildman–Crippen MR) is 31.5 cm³/mol. The summed E-state index contributed by atoms with van der Waals surface area (Å²) < 4.78 is 0. The highest BCUT2D eigenvalue weighted by molar-refractivity contribution is 6.12. The summed E-state index contributed by atoms with van der Waals surface area (Å²) in [7, 11) is 0. The van der Waals surface area contributed by atoms with E-state index < -0.39 is 6.03 Å². The molecule has 8 heavy (non-hydrogen) atoms. The summed E-state index contributed by atoms with van der Waals surface area (Å²) in [5.74, 6) is 0. The van der Waals surface area contributed by atoms with Crippen LogP contribution in [0.4, 0.5) is 4.79 Å². The van der Waals surface area contributed by atoms with Gasteiger partial charge in [0, 0.05) is 18.0 Å². The number of urea groups is 1. The molecule has 3 heteroatoms. The van der Waals surface area contributed by atoms with E-state index in [0.717, 1.165) is 0 Å². The Morgan fingerprint density at radius 3 is 2.25 bits per heavy atom. The van der Waals surface area contributed by atoms with Crippen LogP contribution in [0, 0.1) is 0 Å². The van der Waals surface area contributed by atoms with E-state index in [1.807, 2.05) is 0 Å². The molecule has 0 aromatic carbocycles. The molecule has 0 atom stereocenters. The molecule has 1 aliphatic rings. The lowest BCUT2D eigenvalue weighted by atomic mass is 10.3. The molecule has 3 nitrogen and oxygen atoms in total. The first kappa shape index (κ1) is 4.90. The fraction of sp³-hybridized carbons (Fsp3) is 0. The Morgan fingerprint density at radius 2 is 1.88 bits per heavy atom. The van der Waals surface area contributed by atoms with Crippen molar-refractivity contribution in [3.05, 3.63) is 12.2 Å². The average molecular weight is 108 g/mol. The molecule has 0 aliphatic carbocycles. The molecule has 0 N–H and O–H groups in total. The molecule has 0 aromatic rings. The Kier molecular flexibility index (Phi) is 1.04. The lowest BCUT2D eigenvalue weighted by molar-refractivity contribution is 0.257. The third-order valence-electron chi connectivity index (χ3n) is 0.682. The van der Waals surface area contributed by atoms with Gasteiger partial charge in [0.2, 0.25) is 0 Å². The zero-order valence-electron chi connectivity index (χ0n) is 4.16. The van der Waals surface area contributed by atoms with E-state index >= 15 is 0 Å². The van der Waals surface area contributed by atoms with E-state index in [9.17, 15) is 4.79 Å². The Balaban J connectivity index is 2.83. The van der Waals surface area contributed by atoms with Crippen molar-refractivity contribution in [1.82, 2.24) is 0 Å². The molecule has 40 valence electrons. The highest BCUT2D eigenvalue weighted by atomic mass is 16.2. The van der Waals surface area contributed by atoms with Crippen LogP contribution in [0.15, 0.2) is 22.1 Å². The van der Waals surface area contributed by atoms with Gasteiger partial charge in [-0.2, -0.15) is 9.98 Å². The van der Waals surface area contributed by atoms with Crippen molar-refractivity contribution in [2.75, 3.05) is 0 Å². The highest BCUT2D eigenvalue weighted by Crippen LogP contribution is 1.90. The molecule has 0 spiro atoms. The van der Waals surface area contributed by atoms with Gasteiger partial charge in [0.15, 0.2) is 0 Å². The van der Waals surface area contributed by atoms with Crippen LogP contribution in [0.3, 0.4) is 0 Å². The summed E-state index contributed by atoms with van der Waals surface area (Å²) in [4.78, 5) is 16.9. The van der Waals surface area contributed by atoms with Crippen molar-refractivity contribution in [2.45, 2.75) is 0 Å². The number of amides is 2. The summed E-state index contributed by atoms with van der Waals surface area (Å²) in [6.07, 6.45) is 2.77. The lowest BCUT2D eigenvalue weighted by Crippen LogP contribution is -1.96. The topological polar surface area (TPSA) is 41.8 Å². The van der Waals surface area contributed by atoms with E-state index in [1.54, 1.807) is 0 Å². The smallest absolute Gasteiger partial charge is 0.244 e. The number of carbonyl (C=O) groups is 1. The second kappa shape index (κ2) is 1.69. The van der Waals surface area contributed by atoms with Crippen LogP contribution in [0.2, 0.25) is 0 Å². The number of rotatable bonds is 0. The summed E-state index contributed by atoms with van der Waals surface area (Å²) in [5.41, 5.74) is 0.657. The SMILES string of the molecule is C=C1C=NC(=O)N=C1. The molecule has 1 rings (SSSR count). The standard InChI is InChI=1S/C5H4N2O/c1-4-2-6-5(8)7-3-4/h2-3H,1H2. The van der Waals surface area contributed by atoms with Crippen LogP contribution in [0.25, 0.3) is 0 Å². The van der Waals surface area contributed by atoms with Gasteiger partial charge < -0.3 is 0 Å². The molecular formula is C5H4N2O. The Labute approximate surface area is 46.5 Å². The molecule has 0 unspecified atom stereocenters. The lowest BCUT2D eigenvalue weighted by Gasteiger charge is -1.90. The van der Waals surface area contributed by atoms with Crippen LogP contribution in [-0.2, 0) is 0 Å². The van der Waals surface area contributed by atoms with Crippen molar-refractivity contribution in [2.24, 2.45) is 9.98 Å². The van der Waals surface area contributed by atoms with Crippen molar-refractivity contribution in [1.29, 1.82) is 0 Å². The third kappa shape index (κ3) is 0.872. The maximum Gasteiger partial charge on any atom is 0.366 e. The summed E-state index contributed by atoms with van der Waals surface area (Å²) >= 11 is 0. The fourth-order valence-corrected chi connectivity index (χ4v) is 0.343. The van der Waals surface area contributed by atoms with Crippen molar-refractivity contribution < 1.29 is 4.79 Å². The first-order valence-corrected chi connectivity index (χ1v) is 2.10. The average Bonchev–Trinajstić information content (AvgIpc) is 1.77. The van der Waals surface area contributed by atoms with E-state index in [4.69, 9.17) is 0 Å². The normalized spacial score (nSPS) is 17.5. The predicted octanol–water partition coefficient (Wildman–Crippen LogP) is 0.818. The van der Waals surface area contributed by atoms with Gasteiger partial charge in [0.1, 0.15) is 0 Å². The Hall–Kier alpha value is -1.25. The summed E-state index contributed by atoms with van der Waals surface area (Å²) in [6, 6.07) is -0.461. The number of carbonyl (C=O) groups excluding carboxylic acids is 1. The molecule has 0 aromatic heterocycles. The summed E-state index contributed by atoms with van der Waals surface area (Å²) in [5, 5.41) is 0. The molecule has 0 saturated carbocycles. The maximum absolute atomic E-state index is 10.2. The van der Waals surface area contributed by atoms with E-state index in [2.05, 4.69) is 16.6 Å². The molecule has 2 amide bonds. The van der Waals surface area contributed by atoms with E-state index in [-0.39, 0.29) is 0 Å². The van der Waals surface area contributed by atoms with E-state index in [1.165, 1.54) is 12.4 Å². The largest absolute Gasteiger partial charge is 0.366 e. The van der Waals surface area contributed by atoms with Gasteiger partial charge in [-0.05, 0) is 0 Å². The number of aliphatic imine (C=N–C) groups is 2. The number of hydrogen-bond acceptors (Lipinski definition) is 1. The molecule has 1 heterocycles. The van der Waals surface area contributed by atoms with Crippen LogP contribution in [-0.4, -0.2) is 18.5 Å². The first-order chi connectivity index (χ1) is 3.79. The fourth-order valence-electron chi connectivity index (χ4n) is 0.343. The van der Waals surface area contributed by atoms with Crippen molar-refractivity contribution >= 4 is 18.5 Å². The second-order valence-electron chi connectivity index (χ2n) is 1.37. The van der Waals surface area contributed by atoms with Crippen molar-refractivity contribution in [3.8, 4) is 0 Å². The molecule has 1 aliphatic heterocycles. The van der Waals surface area contributed by atoms with Gasteiger partial charge in [-0.3, -0.25) is 0 Å². The maximum atomic E-state index is 10.2. The van der Waals surface area contributed by atoms with Gasteiger partial charge in [-0.25, -0.2) is 4.79 Å². The number of allylic oxidation sites excluding steroid dienone is 1. The van der Waals surface area contributed by atoms with Gasteiger partial charge in [0.05, 0.1) is 0 Å². The third-order valence-corrected chi connectivity index (χ3v) is 0.682. The molecule has 0 radical (unpaired) electrons. The number of hydrogen-bond donors (Lipinski definition) is 0. The molecule has 0 bridgehead atoms. The Morgan fingerprint density at radius 1 is 1.38 bits per heavy atom. The van der Waals surface area contributed by atoms with Gasteiger partial charge >= 0.3 is 6.03 Å². The Bertz CT molecular complexity index is 153. The number of nitrogens with zero attached hydrogens (tertiary/aromatic N) is 2. The molecule has 0 fully saturated rings. The van der Waals surface area contributed by atoms with Crippen LogP contribution >= 0.6 is 0 Å². The van der Waals surface area contributed by atoms with Gasteiger partial charge in [-0.15, -0.1) is 0 Å². The van der Waals surface area contributed by atoms with Crippen molar-refractivity contribution in [3.63, 3.8) is 0 Å². The van der Waals surface area contributed by atoms with Gasteiger partial charge in [-0.1, -0.05) is 6.58 Å². The van der Waals surface area contributed by atoms with E-state index in [0.29, 0.717) is 5.57 Å². The quantitative estimate of drug-likeness (QED) is 0.453. The first-order valence-electron chi connectivity index (χ1n) is 2.10. The van der Waals surface area contributed by atoms with Crippen LogP contribution in [0.5, 0.6) is 0 Å². The van der Waals surface area contributed by atoms with Crippen LogP contribution < -0.4 is 0 Å². The van der Waals surface area contributed by atoms with Crippen LogP contribution in [0.1, 0.15) is 0 Å². The minimum atomic E-state index is -0.461. The second-order valence-corrected chi connectivity index (χ2v) is 1.37. The zero-order valence-corrected chi connectivity index (χ0v) is 4.16. The molecule has 0 saturated heterocycles. The minimum Gasteiger partial charge on any atom is -0.244 e. The summed E-state index contributed by atoms with van der Waals surface area (Å²) in [6.45, 7) is 3.50. The monoisotopic (exact) mass is 108 g/mol.